The lowest BCUT2D eigenvalue weighted by atomic mass is 10.2. The van der Waals surface area contributed by atoms with Crippen LogP contribution in [0.3, 0.4) is 0 Å². The van der Waals surface area contributed by atoms with Crippen LogP contribution in [0.1, 0.15) is 26.4 Å². The molecule has 1 amide bonds. The fourth-order valence-corrected chi connectivity index (χ4v) is 2.12. The number of aromatic nitrogens is 1. The van der Waals surface area contributed by atoms with Gasteiger partial charge in [-0.1, -0.05) is 22.0 Å². The van der Waals surface area contributed by atoms with Crippen LogP contribution in [0.4, 0.5) is 5.69 Å². The molecule has 0 radical (unpaired) electrons. The molecule has 0 saturated heterocycles. The van der Waals surface area contributed by atoms with Crippen molar-refractivity contribution in [1.82, 2.24) is 4.98 Å². The van der Waals surface area contributed by atoms with Crippen LogP contribution in [-0.2, 0) is 0 Å². The van der Waals surface area contributed by atoms with Crippen molar-refractivity contribution in [2.45, 2.75) is 6.92 Å². The van der Waals surface area contributed by atoms with E-state index < -0.39 is 5.97 Å². The molecule has 0 aliphatic heterocycles. The largest absolute Gasteiger partial charge is 0.478 e. The van der Waals surface area contributed by atoms with Gasteiger partial charge in [-0.15, -0.1) is 0 Å². The molecule has 0 unspecified atom stereocenters. The number of carboxylic acids is 1. The first-order chi connectivity index (χ1) is 8.99. The average molecular weight is 323 g/mol. The molecule has 98 valence electrons. The van der Waals surface area contributed by atoms with E-state index in [-0.39, 0.29) is 17.2 Å². The van der Waals surface area contributed by atoms with Gasteiger partial charge < -0.3 is 15.4 Å². The SMILES string of the molecule is Cc1[nH]cc(NC(=O)c2cccc(Br)c2)c1C(=O)O. The van der Waals surface area contributed by atoms with Crippen molar-refractivity contribution in [3.8, 4) is 0 Å². The first-order valence-electron chi connectivity index (χ1n) is 5.47. The van der Waals surface area contributed by atoms with Crippen LogP contribution >= 0.6 is 15.9 Å². The number of hydrogen-bond donors (Lipinski definition) is 3. The molecular weight excluding hydrogens is 312 g/mol. The van der Waals surface area contributed by atoms with Gasteiger partial charge in [-0.3, -0.25) is 4.79 Å². The summed E-state index contributed by atoms with van der Waals surface area (Å²) in [7, 11) is 0. The molecule has 0 saturated carbocycles. The van der Waals surface area contributed by atoms with Crippen LogP contribution in [0.15, 0.2) is 34.9 Å². The molecule has 1 aromatic heterocycles. The Balaban J connectivity index is 2.27. The van der Waals surface area contributed by atoms with Gasteiger partial charge in [0, 0.05) is 21.9 Å². The van der Waals surface area contributed by atoms with Gasteiger partial charge in [-0.25, -0.2) is 4.79 Å². The maximum atomic E-state index is 12.0. The summed E-state index contributed by atoms with van der Waals surface area (Å²) in [5.74, 6) is -1.44. The summed E-state index contributed by atoms with van der Waals surface area (Å²) in [6, 6.07) is 6.86. The number of nitrogens with one attached hydrogen (secondary N) is 2. The van der Waals surface area contributed by atoms with Crippen molar-refractivity contribution in [3.05, 3.63) is 51.8 Å². The van der Waals surface area contributed by atoms with Gasteiger partial charge in [0.2, 0.25) is 0 Å². The first-order valence-corrected chi connectivity index (χ1v) is 6.26. The molecule has 0 atom stereocenters. The van der Waals surface area contributed by atoms with Crippen LogP contribution in [0.5, 0.6) is 0 Å². The maximum absolute atomic E-state index is 12.0. The maximum Gasteiger partial charge on any atom is 0.339 e. The highest BCUT2D eigenvalue weighted by Crippen LogP contribution is 2.20. The molecule has 1 aromatic carbocycles. The third kappa shape index (κ3) is 2.85. The highest BCUT2D eigenvalue weighted by molar-refractivity contribution is 9.10. The van der Waals surface area contributed by atoms with E-state index in [1.165, 1.54) is 6.20 Å². The number of carboxylic acid groups (broad SMARTS) is 1. The van der Waals surface area contributed by atoms with Crippen molar-refractivity contribution < 1.29 is 14.7 Å². The number of rotatable bonds is 3. The topological polar surface area (TPSA) is 82.2 Å². The minimum Gasteiger partial charge on any atom is -0.478 e. The second kappa shape index (κ2) is 5.27. The summed E-state index contributed by atoms with van der Waals surface area (Å²) in [5, 5.41) is 11.7. The molecule has 0 aliphatic rings. The number of benzene rings is 1. The van der Waals surface area contributed by atoms with Crippen molar-refractivity contribution in [2.75, 3.05) is 5.32 Å². The molecule has 6 heteroatoms. The fourth-order valence-electron chi connectivity index (χ4n) is 1.73. The van der Waals surface area contributed by atoms with Gasteiger partial charge in [0.25, 0.3) is 5.91 Å². The average Bonchev–Trinajstić information content (AvgIpc) is 2.70. The summed E-state index contributed by atoms with van der Waals surface area (Å²) in [4.78, 5) is 25.9. The van der Waals surface area contributed by atoms with E-state index in [0.717, 1.165) is 4.47 Å². The Bertz CT molecular complexity index is 649. The zero-order valence-electron chi connectivity index (χ0n) is 10.0. The Morgan fingerprint density at radius 2 is 2.11 bits per heavy atom. The van der Waals surface area contributed by atoms with Crippen LogP contribution in [0, 0.1) is 6.92 Å². The lowest BCUT2D eigenvalue weighted by molar-refractivity contribution is 0.0697. The Morgan fingerprint density at radius 3 is 2.74 bits per heavy atom. The van der Waals surface area contributed by atoms with E-state index in [4.69, 9.17) is 5.11 Å². The van der Waals surface area contributed by atoms with Crippen molar-refractivity contribution >= 4 is 33.5 Å². The summed E-state index contributed by atoms with van der Waals surface area (Å²) in [6.45, 7) is 1.64. The molecule has 0 spiro atoms. The minimum atomic E-state index is -1.08. The van der Waals surface area contributed by atoms with Gasteiger partial charge in [0.15, 0.2) is 0 Å². The molecule has 2 rings (SSSR count). The van der Waals surface area contributed by atoms with Crippen molar-refractivity contribution in [3.63, 3.8) is 0 Å². The molecule has 2 aromatic rings. The Hall–Kier alpha value is -2.08. The van der Waals surface area contributed by atoms with E-state index in [0.29, 0.717) is 11.3 Å². The predicted molar refractivity (Wildman–Crippen MR) is 74.6 cm³/mol. The van der Waals surface area contributed by atoms with E-state index in [1.807, 2.05) is 0 Å². The second-order valence-electron chi connectivity index (χ2n) is 3.97. The Morgan fingerprint density at radius 1 is 1.37 bits per heavy atom. The number of hydrogen-bond acceptors (Lipinski definition) is 2. The molecule has 0 aliphatic carbocycles. The van der Waals surface area contributed by atoms with Crippen LogP contribution in [-0.4, -0.2) is 22.0 Å². The highest BCUT2D eigenvalue weighted by atomic mass is 79.9. The lowest BCUT2D eigenvalue weighted by Crippen LogP contribution is -2.14. The highest BCUT2D eigenvalue weighted by Gasteiger charge is 2.17. The van der Waals surface area contributed by atoms with Gasteiger partial charge in [0.05, 0.1) is 5.69 Å². The quantitative estimate of drug-likeness (QED) is 0.812. The number of carbonyl (C=O) groups excluding carboxylic acids is 1. The van der Waals surface area contributed by atoms with Crippen LogP contribution < -0.4 is 5.32 Å². The third-order valence-electron chi connectivity index (χ3n) is 2.63. The molecular formula is C13H11BrN2O3. The zero-order chi connectivity index (χ0) is 14.0. The Kier molecular flexibility index (Phi) is 3.71. The lowest BCUT2D eigenvalue weighted by Gasteiger charge is -2.05. The summed E-state index contributed by atoms with van der Waals surface area (Å²) in [5.41, 5.74) is 1.28. The smallest absolute Gasteiger partial charge is 0.339 e. The first kappa shape index (κ1) is 13.4. The summed E-state index contributed by atoms with van der Waals surface area (Å²) < 4.78 is 0.781. The number of aryl methyl sites for hydroxylation is 1. The van der Waals surface area contributed by atoms with Crippen LogP contribution in [0.25, 0.3) is 0 Å². The molecule has 5 nitrogen and oxygen atoms in total. The normalized spacial score (nSPS) is 10.2. The molecule has 0 fully saturated rings. The molecule has 0 bridgehead atoms. The number of halogens is 1. The van der Waals surface area contributed by atoms with Crippen molar-refractivity contribution in [2.24, 2.45) is 0 Å². The fraction of sp³-hybridized carbons (Fsp3) is 0.0769. The predicted octanol–water partition coefficient (Wildman–Crippen LogP) is 3.04. The zero-order valence-corrected chi connectivity index (χ0v) is 11.6. The number of aromatic amines is 1. The summed E-state index contributed by atoms with van der Waals surface area (Å²) in [6.07, 6.45) is 1.47. The standard InChI is InChI=1S/C13H11BrN2O3/c1-7-11(13(18)19)10(6-15-7)16-12(17)8-3-2-4-9(14)5-8/h2-6,15H,1H3,(H,16,17)(H,18,19). The Labute approximate surface area is 117 Å². The van der Waals surface area contributed by atoms with E-state index in [2.05, 4.69) is 26.2 Å². The number of H-pyrrole nitrogens is 1. The van der Waals surface area contributed by atoms with Crippen LogP contribution in [0.2, 0.25) is 0 Å². The number of carbonyl (C=O) groups is 2. The van der Waals surface area contributed by atoms with Gasteiger partial charge >= 0.3 is 5.97 Å². The molecule has 3 N–H and O–H groups in total. The summed E-state index contributed by atoms with van der Waals surface area (Å²) >= 11 is 3.28. The molecule has 19 heavy (non-hydrogen) atoms. The number of aromatic carboxylic acids is 1. The minimum absolute atomic E-state index is 0.0725. The van der Waals surface area contributed by atoms with Gasteiger partial charge in [-0.2, -0.15) is 0 Å². The molecule has 1 heterocycles. The van der Waals surface area contributed by atoms with E-state index in [1.54, 1.807) is 31.2 Å². The van der Waals surface area contributed by atoms with E-state index in [9.17, 15) is 9.59 Å². The number of amides is 1. The van der Waals surface area contributed by atoms with Gasteiger partial charge in [-0.05, 0) is 25.1 Å². The van der Waals surface area contributed by atoms with E-state index >= 15 is 0 Å². The van der Waals surface area contributed by atoms with Gasteiger partial charge in [0.1, 0.15) is 5.56 Å². The number of anilines is 1. The van der Waals surface area contributed by atoms with Crippen molar-refractivity contribution in [1.29, 1.82) is 0 Å². The second-order valence-corrected chi connectivity index (χ2v) is 4.89. The third-order valence-corrected chi connectivity index (χ3v) is 3.12. The monoisotopic (exact) mass is 322 g/mol.